The van der Waals surface area contributed by atoms with Crippen LogP contribution in [0.25, 0.3) is 0 Å². The predicted octanol–water partition coefficient (Wildman–Crippen LogP) is 3.53. The van der Waals surface area contributed by atoms with Crippen molar-refractivity contribution in [3.63, 3.8) is 0 Å². The maximum Gasteiger partial charge on any atom is 0.421 e. The van der Waals surface area contributed by atoms with Crippen LogP contribution in [0, 0.1) is 0 Å². The Labute approximate surface area is 189 Å². The summed E-state index contributed by atoms with van der Waals surface area (Å²) < 4.78 is 81.7. The van der Waals surface area contributed by atoms with Crippen molar-refractivity contribution in [2.75, 3.05) is 18.0 Å². The van der Waals surface area contributed by atoms with Gasteiger partial charge in [-0.05, 0) is 31.4 Å². The zero-order chi connectivity index (χ0) is 25.1. The summed E-state index contributed by atoms with van der Waals surface area (Å²) in [5.41, 5.74) is -3.38. The fourth-order valence-corrected chi connectivity index (χ4v) is 3.47. The molecule has 1 saturated heterocycles. The molecule has 3 heterocycles. The largest absolute Gasteiger partial charge is 0.446 e. The van der Waals surface area contributed by atoms with Crippen LogP contribution in [0.3, 0.4) is 0 Å². The van der Waals surface area contributed by atoms with Crippen molar-refractivity contribution in [3.8, 4) is 0 Å². The highest BCUT2D eigenvalue weighted by Crippen LogP contribution is 2.29. The van der Waals surface area contributed by atoms with Crippen LogP contribution in [0.2, 0.25) is 0 Å². The van der Waals surface area contributed by atoms with Gasteiger partial charge in [-0.1, -0.05) is 0 Å². The second kappa shape index (κ2) is 9.89. The lowest BCUT2D eigenvalue weighted by Gasteiger charge is -2.32. The average Bonchev–Trinajstić information content (AvgIpc) is 2.74. The van der Waals surface area contributed by atoms with Crippen LogP contribution in [-0.2, 0) is 23.5 Å². The number of nitrogens with zero attached hydrogens (tertiary/aromatic N) is 3. The van der Waals surface area contributed by atoms with E-state index in [1.165, 1.54) is 6.92 Å². The molecule has 2 N–H and O–H groups in total. The minimum Gasteiger partial charge on any atom is -0.446 e. The SMILES string of the molecule is C[C@@H](Cc1c[nH]c(=O)c(C(F)(F)F)c1)OC(=O)NC1CCN(c2ncc(C(F)(F)F)cn2)CC1. The zero-order valence-corrected chi connectivity index (χ0v) is 17.8. The van der Waals surface area contributed by atoms with Gasteiger partial charge in [-0.3, -0.25) is 4.79 Å². The van der Waals surface area contributed by atoms with Crippen molar-refractivity contribution < 1.29 is 35.9 Å². The molecule has 2 aromatic rings. The molecule has 1 fully saturated rings. The third-order valence-electron chi connectivity index (χ3n) is 5.17. The van der Waals surface area contributed by atoms with Gasteiger partial charge < -0.3 is 19.9 Å². The molecule has 0 unspecified atom stereocenters. The number of hydrogen-bond acceptors (Lipinski definition) is 6. The third-order valence-corrected chi connectivity index (χ3v) is 5.17. The Morgan fingerprint density at radius 1 is 1.18 bits per heavy atom. The van der Waals surface area contributed by atoms with E-state index in [0.29, 0.717) is 38.3 Å². The molecule has 0 aromatic carbocycles. The van der Waals surface area contributed by atoms with Gasteiger partial charge in [0.2, 0.25) is 5.95 Å². The highest BCUT2D eigenvalue weighted by Gasteiger charge is 2.34. The number of piperidine rings is 1. The minimum absolute atomic E-state index is 0.0447. The molecule has 1 aliphatic rings. The van der Waals surface area contributed by atoms with Crippen LogP contribution in [-0.4, -0.2) is 46.3 Å². The van der Waals surface area contributed by atoms with Gasteiger partial charge in [0.15, 0.2) is 0 Å². The molecule has 3 rings (SSSR count). The summed E-state index contributed by atoms with van der Waals surface area (Å²) in [6, 6.07) is 0.450. The quantitative estimate of drug-likeness (QED) is 0.619. The number of aromatic nitrogens is 3. The Hall–Kier alpha value is -3.32. The van der Waals surface area contributed by atoms with E-state index in [1.54, 1.807) is 4.90 Å². The van der Waals surface area contributed by atoms with Crippen molar-refractivity contribution in [1.29, 1.82) is 0 Å². The van der Waals surface area contributed by atoms with Crippen molar-refractivity contribution in [2.24, 2.45) is 0 Å². The summed E-state index contributed by atoms with van der Waals surface area (Å²) in [5.74, 6) is 0.154. The van der Waals surface area contributed by atoms with Crippen LogP contribution in [0.1, 0.15) is 36.5 Å². The van der Waals surface area contributed by atoms with Crippen LogP contribution >= 0.6 is 0 Å². The fourth-order valence-electron chi connectivity index (χ4n) is 3.47. The number of halogens is 6. The van der Waals surface area contributed by atoms with Crippen LogP contribution < -0.4 is 15.8 Å². The number of alkyl halides is 6. The highest BCUT2D eigenvalue weighted by molar-refractivity contribution is 5.67. The normalized spacial score (nSPS) is 16.3. The minimum atomic E-state index is -4.80. The van der Waals surface area contributed by atoms with Gasteiger partial charge >= 0.3 is 18.4 Å². The number of anilines is 1. The van der Waals surface area contributed by atoms with E-state index in [2.05, 4.69) is 15.3 Å². The van der Waals surface area contributed by atoms with Gasteiger partial charge in [0.25, 0.3) is 5.56 Å². The van der Waals surface area contributed by atoms with E-state index in [-0.39, 0.29) is 24.0 Å². The van der Waals surface area contributed by atoms with Gasteiger partial charge in [0.1, 0.15) is 11.7 Å². The van der Waals surface area contributed by atoms with Crippen LogP contribution in [0.5, 0.6) is 0 Å². The van der Waals surface area contributed by atoms with Crippen molar-refractivity contribution in [1.82, 2.24) is 20.3 Å². The number of amides is 1. The lowest BCUT2D eigenvalue weighted by molar-refractivity contribution is -0.139. The van der Waals surface area contributed by atoms with Gasteiger partial charge in [-0.25, -0.2) is 14.8 Å². The highest BCUT2D eigenvalue weighted by atomic mass is 19.4. The fraction of sp³-hybridized carbons (Fsp3) is 0.500. The van der Waals surface area contributed by atoms with Gasteiger partial charge in [0, 0.05) is 44.1 Å². The monoisotopic (exact) mass is 493 g/mol. The van der Waals surface area contributed by atoms with E-state index < -0.39 is 41.2 Å². The first-order valence-corrected chi connectivity index (χ1v) is 10.2. The maximum atomic E-state index is 12.9. The standard InChI is InChI=1S/C20H21F6N5O3/c1-11(6-12-7-15(20(24,25)26)16(32)27-8-12)34-18(33)30-14-2-4-31(5-3-14)17-28-9-13(10-29-17)19(21,22)23/h7-11,14H,2-6H2,1H3,(H,27,32)(H,30,33)/t11-/m0/s1. The summed E-state index contributed by atoms with van der Waals surface area (Å²) in [6.45, 7) is 2.29. The molecular weight excluding hydrogens is 472 g/mol. The number of alkyl carbamates (subject to hydrolysis) is 1. The molecule has 0 bridgehead atoms. The summed E-state index contributed by atoms with van der Waals surface area (Å²) >= 11 is 0. The molecule has 14 heteroatoms. The van der Waals surface area contributed by atoms with Crippen LogP contribution in [0.15, 0.2) is 29.5 Å². The molecule has 0 saturated carbocycles. The van der Waals surface area contributed by atoms with Gasteiger partial charge in [-0.15, -0.1) is 0 Å². The van der Waals surface area contributed by atoms with E-state index in [0.717, 1.165) is 12.3 Å². The van der Waals surface area contributed by atoms with Crippen molar-refractivity contribution in [2.45, 2.75) is 50.7 Å². The van der Waals surface area contributed by atoms with E-state index in [4.69, 9.17) is 4.74 Å². The summed E-state index contributed by atoms with van der Waals surface area (Å²) in [4.78, 5) is 34.7. The molecule has 34 heavy (non-hydrogen) atoms. The maximum absolute atomic E-state index is 12.9. The number of aromatic amines is 1. The number of hydrogen-bond donors (Lipinski definition) is 2. The molecule has 2 aromatic heterocycles. The molecule has 1 atom stereocenters. The average molecular weight is 493 g/mol. The molecule has 0 spiro atoms. The summed E-state index contributed by atoms with van der Waals surface area (Å²) in [7, 11) is 0. The third kappa shape index (κ3) is 6.60. The number of rotatable bonds is 5. The smallest absolute Gasteiger partial charge is 0.421 e. The Bertz CT molecular complexity index is 1050. The second-order valence-corrected chi connectivity index (χ2v) is 7.84. The van der Waals surface area contributed by atoms with Gasteiger partial charge in [-0.2, -0.15) is 26.3 Å². The Kier molecular flexibility index (Phi) is 7.36. The zero-order valence-electron chi connectivity index (χ0n) is 17.8. The first-order valence-electron chi connectivity index (χ1n) is 10.2. The molecule has 8 nitrogen and oxygen atoms in total. The Morgan fingerprint density at radius 3 is 2.35 bits per heavy atom. The molecule has 1 amide bonds. The number of carbonyl (C=O) groups excluding carboxylic acids is 1. The van der Waals surface area contributed by atoms with Crippen molar-refractivity contribution in [3.05, 3.63) is 51.7 Å². The lowest BCUT2D eigenvalue weighted by atomic mass is 10.1. The number of H-pyrrole nitrogens is 1. The Morgan fingerprint density at radius 2 is 1.79 bits per heavy atom. The summed E-state index contributed by atoms with van der Waals surface area (Å²) in [5, 5.41) is 2.67. The molecular formula is C20H21F6N5O3. The lowest BCUT2D eigenvalue weighted by Crippen LogP contribution is -2.45. The van der Waals surface area contributed by atoms with E-state index in [1.807, 2.05) is 4.98 Å². The van der Waals surface area contributed by atoms with E-state index >= 15 is 0 Å². The molecule has 0 radical (unpaired) electrons. The number of nitrogens with one attached hydrogen (secondary N) is 2. The number of pyridine rings is 1. The van der Waals surface area contributed by atoms with Crippen LogP contribution in [0.4, 0.5) is 37.1 Å². The topological polar surface area (TPSA) is 100 Å². The first kappa shape index (κ1) is 25.3. The Balaban J connectivity index is 1.47. The second-order valence-electron chi connectivity index (χ2n) is 7.84. The number of carbonyl (C=O) groups is 1. The van der Waals surface area contributed by atoms with E-state index in [9.17, 15) is 35.9 Å². The first-order chi connectivity index (χ1) is 15.8. The number of ether oxygens (including phenoxy) is 1. The molecule has 186 valence electrons. The summed E-state index contributed by atoms with van der Waals surface area (Å²) in [6.07, 6.45) is -7.41. The predicted molar refractivity (Wildman–Crippen MR) is 107 cm³/mol. The molecule has 1 aliphatic heterocycles. The van der Waals surface area contributed by atoms with Crippen molar-refractivity contribution >= 4 is 12.0 Å². The van der Waals surface area contributed by atoms with Gasteiger partial charge in [0.05, 0.1) is 5.56 Å². The molecule has 0 aliphatic carbocycles.